The molecule has 0 fully saturated rings. The van der Waals surface area contributed by atoms with Crippen molar-refractivity contribution in [2.75, 3.05) is 12.4 Å². The number of benzene rings is 1. The van der Waals surface area contributed by atoms with Crippen LogP contribution in [0.5, 0.6) is 11.6 Å². The highest BCUT2D eigenvalue weighted by Crippen LogP contribution is 2.22. The van der Waals surface area contributed by atoms with E-state index in [4.69, 9.17) is 4.74 Å². The molecular weight excluding hydrogens is 262 g/mol. The Bertz CT molecular complexity index is 694. The van der Waals surface area contributed by atoms with E-state index in [0.717, 1.165) is 16.9 Å². The van der Waals surface area contributed by atoms with E-state index in [2.05, 4.69) is 15.3 Å². The zero-order valence-electron chi connectivity index (χ0n) is 11.7. The van der Waals surface area contributed by atoms with Gasteiger partial charge in [-0.05, 0) is 18.2 Å². The molecule has 0 saturated carbocycles. The normalized spacial score (nSPS) is 10.1. The average molecular weight is 277 g/mol. The molecule has 21 heavy (non-hydrogen) atoms. The third kappa shape index (κ3) is 3.17. The molecule has 0 spiro atoms. The third-order valence-corrected chi connectivity index (χ3v) is 3.05. The van der Waals surface area contributed by atoms with Crippen molar-refractivity contribution >= 4 is 5.69 Å². The zero-order valence-corrected chi connectivity index (χ0v) is 11.7. The molecule has 0 aliphatic rings. The van der Waals surface area contributed by atoms with Gasteiger partial charge in [0.2, 0.25) is 5.88 Å². The first kappa shape index (κ1) is 13.1. The van der Waals surface area contributed by atoms with Crippen LogP contribution in [0.25, 0.3) is 11.3 Å². The number of pyridine rings is 2. The van der Waals surface area contributed by atoms with Crippen LogP contribution in [0, 0.1) is 0 Å². The maximum absolute atomic E-state index is 5.67. The number of nitrogens with one attached hydrogen (secondary N) is 1. The Hall–Kier alpha value is -2.88. The fourth-order valence-corrected chi connectivity index (χ4v) is 1.93. The standard InChI is InChI=1S/C17H15N3O/c1-18-14-7-10-17(20-11-14)21-15-8-9-16(19-12-15)13-5-3-2-4-6-13/h2-12,18H,1H3. The predicted molar refractivity (Wildman–Crippen MR) is 83.5 cm³/mol. The Morgan fingerprint density at radius 3 is 2.33 bits per heavy atom. The largest absolute Gasteiger partial charge is 0.437 e. The van der Waals surface area contributed by atoms with E-state index in [1.165, 1.54) is 0 Å². The van der Waals surface area contributed by atoms with E-state index in [9.17, 15) is 0 Å². The van der Waals surface area contributed by atoms with Crippen molar-refractivity contribution in [3.8, 4) is 22.9 Å². The second-order valence-corrected chi connectivity index (χ2v) is 4.48. The van der Waals surface area contributed by atoms with Crippen LogP contribution < -0.4 is 10.1 Å². The molecular formula is C17H15N3O. The SMILES string of the molecule is CNc1ccc(Oc2ccc(-c3ccccc3)nc2)nc1. The molecule has 3 aromatic rings. The summed E-state index contributed by atoms with van der Waals surface area (Å²) in [5.41, 5.74) is 2.95. The van der Waals surface area contributed by atoms with Gasteiger partial charge in [0.05, 0.1) is 23.8 Å². The molecule has 0 aliphatic carbocycles. The first-order chi connectivity index (χ1) is 10.3. The maximum atomic E-state index is 5.67. The summed E-state index contributed by atoms with van der Waals surface area (Å²) in [4.78, 5) is 8.63. The number of hydrogen-bond donors (Lipinski definition) is 1. The Labute approximate surface area is 123 Å². The number of ether oxygens (including phenoxy) is 1. The van der Waals surface area contributed by atoms with Crippen molar-refractivity contribution in [2.45, 2.75) is 0 Å². The van der Waals surface area contributed by atoms with Crippen LogP contribution >= 0.6 is 0 Å². The minimum Gasteiger partial charge on any atom is -0.437 e. The van der Waals surface area contributed by atoms with Crippen molar-refractivity contribution in [1.82, 2.24) is 9.97 Å². The highest BCUT2D eigenvalue weighted by molar-refractivity contribution is 5.59. The second-order valence-electron chi connectivity index (χ2n) is 4.48. The van der Waals surface area contributed by atoms with Gasteiger partial charge in [-0.2, -0.15) is 0 Å². The predicted octanol–water partition coefficient (Wildman–Crippen LogP) is 3.98. The number of hydrogen-bond acceptors (Lipinski definition) is 4. The summed E-state index contributed by atoms with van der Waals surface area (Å²) in [6.07, 6.45) is 3.43. The van der Waals surface area contributed by atoms with Gasteiger partial charge in [-0.15, -0.1) is 0 Å². The van der Waals surface area contributed by atoms with Crippen LogP contribution in [0.2, 0.25) is 0 Å². The van der Waals surface area contributed by atoms with Gasteiger partial charge in [-0.3, -0.25) is 4.98 Å². The van der Waals surface area contributed by atoms with Gasteiger partial charge >= 0.3 is 0 Å². The molecule has 0 unspecified atom stereocenters. The molecule has 3 rings (SSSR count). The summed E-state index contributed by atoms with van der Waals surface area (Å²) in [7, 11) is 1.85. The van der Waals surface area contributed by atoms with Gasteiger partial charge in [0.1, 0.15) is 5.75 Å². The molecule has 4 heteroatoms. The molecule has 0 amide bonds. The van der Waals surface area contributed by atoms with Crippen LogP contribution in [0.3, 0.4) is 0 Å². The van der Waals surface area contributed by atoms with E-state index >= 15 is 0 Å². The average Bonchev–Trinajstić information content (AvgIpc) is 2.57. The summed E-state index contributed by atoms with van der Waals surface area (Å²) in [6.45, 7) is 0. The summed E-state index contributed by atoms with van der Waals surface area (Å²) >= 11 is 0. The molecule has 4 nitrogen and oxygen atoms in total. The van der Waals surface area contributed by atoms with Crippen molar-refractivity contribution < 1.29 is 4.74 Å². The molecule has 1 aromatic carbocycles. The summed E-state index contributed by atoms with van der Waals surface area (Å²) in [5, 5.41) is 3.01. The maximum Gasteiger partial charge on any atom is 0.219 e. The monoisotopic (exact) mass is 277 g/mol. The molecule has 0 radical (unpaired) electrons. The number of nitrogens with zero attached hydrogens (tertiary/aromatic N) is 2. The van der Waals surface area contributed by atoms with Crippen molar-refractivity contribution in [3.05, 3.63) is 67.0 Å². The molecule has 2 heterocycles. The van der Waals surface area contributed by atoms with E-state index in [1.54, 1.807) is 12.4 Å². The summed E-state index contributed by atoms with van der Waals surface area (Å²) in [5.74, 6) is 1.21. The Kier molecular flexibility index (Phi) is 3.78. The molecule has 1 N–H and O–H groups in total. The van der Waals surface area contributed by atoms with Gasteiger partial charge in [0.25, 0.3) is 0 Å². The number of aromatic nitrogens is 2. The highest BCUT2D eigenvalue weighted by atomic mass is 16.5. The summed E-state index contributed by atoms with van der Waals surface area (Å²) < 4.78 is 5.67. The first-order valence-corrected chi connectivity index (χ1v) is 6.68. The Morgan fingerprint density at radius 1 is 0.857 bits per heavy atom. The highest BCUT2D eigenvalue weighted by Gasteiger charge is 2.02. The fraction of sp³-hybridized carbons (Fsp3) is 0.0588. The lowest BCUT2D eigenvalue weighted by Crippen LogP contribution is -1.92. The van der Waals surface area contributed by atoms with E-state index < -0.39 is 0 Å². The van der Waals surface area contributed by atoms with E-state index in [-0.39, 0.29) is 0 Å². The lowest BCUT2D eigenvalue weighted by atomic mass is 10.1. The molecule has 0 bridgehead atoms. The number of rotatable bonds is 4. The Balaban J connectivity index is 1.75. The lowest BCUT2D eigenvalue weighted by molar-refractivity contribution is 0.461. The van der Waals surface area contributed by atoms with E-state index in [1.807, 2.05) is 61.6 Å². The number of anilines is 1. The van der Waals surface area contributed by atoms with Crippen molar-refractivity contribution in [1.29, 1.82) is 0 Å². The lowest BCUT2D eigenvalue weighted by Gasteiger charge is -2.06. The molecule has 2 aromatic heterocycles. The second kappa shape index (κ2) is 6.05. The minimum atomic E-state index is 0.545. The Morgan fingerprint density at radius 2 is 1.71 bits per heavy atom. The minimum absolute atomic E-state index is 0.545. The van der Waals surface area contributed by atoms with Gasteiger partial charge in [-0.1, -0.05) is 30.3 Å². The van der Waals surface area contributed by atoms with Gasteiger partial charge in [-0.25, -0.2) is 4.98 Å². The molecule has 104 valence electrons. The first-order valence-electron chi connectivity index (χ1n) is 6.68. The topological polar surface area (TPSA) is 47.0 Å². The van der Waals surface area contributed by atoms with Crippen LogP contribution in [0.15, 0.2) is 67.0 Å². The van der Waals surface area contributed by atoms with Crippen LogP contribution in [-0.4, -0.2) is 17.0 Å². The van der Waals surface area contributed by atoms with Gasteiger partial charge < -0.3 is 10.1 Å². The van der Waals surface area contributed by atoms with Gasteiger partial charge in [0.15, 0.2) is 0 Å². The fourth-order valence-electron chi connectivity index (χ4n) is 1.93. The summed E-state index contributed by atoms with van der Waals surface area (Å²) in [6, 6.07) is 17.6. The molecule has 0 aliphatic heterocycles. The van der Waals surface area contributed by atoms with Crippen molar-refractivity contribution in [2.24, 2.45) is 0 Å². The third-order valence-electron chi connectivity index (χ3n) is 3.05. The van der Waals surface area contributed by atoms with Crippen LogP contribution in [0.1, 0.15) is 0 Å². The van der Waals surface area contributed by atoms with Crippen LogP contribution in [0.4, 0.5) is 5.69 Å². The van der Waals surface area contributed by atoms with Crippen molar-refractivity contribution in [3.63, 3.8) is 0 Å². The molecule has 0 atom stereocenters. The van der Waals surface area contributed by atoms with E-state index in [0.29, 0.717) is 11.6 Å². The van der Waals surface area contributed by atoms with Gasteiger partial charge in [0, 0.05) is 18.7 Å². The molecule has 0 saturated heterocycles. The zero-order chi connectivity index (χ0) is 14.5. The quantitative estimate of drug-likeness (QED) is 0.783. The van der Waals surface area contributed by atoms with Crippen LogP contribution in [-0.2, 0) is 0 Å². The smallest absolute Gasteiger partial charge is 0.219 e.